The Morgan fingerprint density at radius 1 is 1.47 bits per heavy atom. The number of nitrogens with two attached hydrogens (primary N) is 1. The van der Waals surface area contributed by atoms with Crippen molar-refractivity contribution in [2.45, 2.75) is 18.6 Å². The van der Waals surface area contributed by atoms with Crippen LogP contribution in [0.3, 0.4) is 0 Å². The molecule has 0 saturated heterocycles. The van der Waals surface area contributed by atoms with Crippen molar-refractivity contribution in [2.75, 3.05) is 7.11 Å². The van der Waals surface area contributed by atoms with E-state index in [1.807, 2.05) is 0 Å². The standard InChI is InChI=1S/C11H11ClF3NO2.ClH/c1-18-10(17)5-9(16)6-2-3-8(12)7(4-6)11(13,14)15;/h2-4,9H,5,16H2,1H3;1H/t9-;/m0./s1. The van der Waals surface area contributed by atoms with Crippen LogP contribution in [0.1, 0.15) is 23.6 Å². The topological polar surface area (TPSA) is 52.3 Å². The minimum absolute atomic E-state index is 0. The first-order valence-corrected chi connectivity index (χ1v) is 5.32. The molecule has 0 spiro atoms. The average Bonchev–Trinajstić information content (AvgIpc) is 2.27. The summed E-state index contributed by atoms with van der Waals surface area (Å²) in [5.74, 6) is -0.592. The summed E-state index contributed by atoms with van der Waals surface area (Å²) in [5.41, 5.74) is 4.83. The quantitative estimate of drug-likeness (QED) is 0.870. The molecule has 19 heavy (non-hydrogen) atoms. The van der Waals surface area contributed by atoms with Gasteiger partial charge in [-0.2, -0.15) is 13.2 Å². The summed E-state index contributed by atoms with van der Waals surface area (Å²) in [7, 11) is 1.18. The number of methoxy groups -OCH3 is 1. The van der Waals surface area contributed by atoms with Crippen LogP contribution in [0.15, 0.2) is 18.2 Å². The molecule has 2 N–H and O–H groups in total. The summed E-state index contributed by atoms with van der Waals surface area (Å²) in [6, 6.07) is 2.44. The normalized spacial score (nSPS) is 12.5. The number of hydrogen-bond donors (Lipinski definition) is 1. The first kappa shape index (κ1) is 18.0. The van der Waals surface area contributed by atoms with E-state index >= 15 is 0 Å². The molecule has 0 heterocycles. The van der Waals surface area contributed by atoms with Gasteiger partial charge in [0.2, 0.25) is 0 Å². The second-order valence-corrected chi connectivity index (χ2v) is 4.03. The molecule has 0 aliphatic heterocycles. The third-order valence-electron chi connectivity index (χ3n) is 2.34. The van der Waals surface area contributed by atoms with Crippen LogP contribution in [0.2, 0.25) is 5.02 Å². The maximum atomic E-state index is 12.6. The molecule has 0 aromatic heterocycles. The maximum Gasteiger partial charge on any atom is 0.417 e. The van der Waals surface area contributed by atoms with Crippen LogP contribution in [0, 0.1) is 0 Å². The fourth-order valence-electron chi connectivity index (χ4n) is 1.37. The van der Waals surface area contributed by atoms with Crippen molar-refractivity contribution in [2.24, 2.45) is 5.73 Å². The lowest BCUT2D eigenvalue weighted by Crippen LogP contribution is -2.17. The molecule has 0 aliphatic carbocycles. The number of carbonyl (C=O) groups excluding carboxylic acids is 1. The number of rotatable bonds is 3. The number of ether oxygens (including phenoxy) is 1. The van der Waals surface area contributed by atoms with E-state index in [2.05, 4.69) is 4.74 Å². The summed E-state index contributed by atoms with van der Waals surface area (Å²) in [4.78, 5) is 11.0. The molecule has 1 aromatic carbocycles. The summed E-state index contributed by atoms with van der Waals surface area (Å²) in [6.45, 7) is 0. The Bertz CT molecular complexity index is 452. The highest BCUT2D eigenvalue weighted by Gasteiger charge is 2.33. The highest BCUT2D eigenvalue weighted by Crippen LogP contribution is 2.36. The molecular weight excluding hydrogens is 306 g/mol. The molecule has 1 atom stereocenters. The summed E-state index contributed by atoms with van der Waals surface area (Å²) < 4.78 is 42.2. The van der Waals surface area contributed by atoms with Crippen molar-refractivity contribution in [1.29, 1.82) is 0 Å². The van der Waals surface area contributed by atoms with Crippen LogP contribution < -0.4 is 5.73 Å². The summed E-state index contributed by atoms with van der Waals surface area (Å²) >= 11 is 5.47. The molecule has 1 rings (SSSR count). The lowest BCUT2D eigenvalue weighted by molar-refractivity contribution is -0.141. The Kier molecular flexibility index (Phi) is 6.62. The van der Waals surface area contributed by atoms with Crippen molar-refractivity contribution >= 4 is 30.0 Å². The van der Waals surface area contributed by atoms with Gasteiger partial charge in [0.1, 0.15) is 0 Å². The van der Waals surface area contributed by atoms with Gasteiger partial charge in [-0.25, -0.2) is 0 Å². The van der Waals surface area contributed by atoms with Crippen molar-refractivity contribution in [1.82, 2.24) is 0 Å². The van der Waals surface area contributed by atoms with E-state index in [1.54, 1.807) is 0 Å². The number of alkyl halides is 3. The van der Waals surface area contributed by atoms with Gasteiger partial charge in [-0.3, -0.25) is 4.79 Å². The zero-order valence-corrected chi connectivity index (χ0v) is 11.4. The number of esters is 1. The third-order valence-corrected chi connectivity index (χ3v) is 2.67. The minimum Gasteiger partial charge on any atom is -0.469 e. The van der Waals surface area contributed by atoms with Crippen LogP contribution in [0.5, 0.6) is 0 Å². The van der Waals surface area contributed by atoms with Gasteiger partial charge in [-0.15, -0.1) is 12.4 Å². The van der Waals surface area contributed by atoms with Crippen LogP contribution in [0.4, 0.5) is 13.2 Å². The van der Waals surface area contributed by atoms with Crippen molar-refractivity contribution in [3.8, 4) is 0 Å². The first-order chi connectivity index (χ1) is 8.25. The van der Waals surface area contributed by atoms with Gasteiger partial charge in [-0.05, 0) is 17.7 Å². The second-order valence-electron chi connectivity index (χ2n) is 3.62. The predicted molar refractivity (Wildman–Crippen MR) is 67.3 cm³/mol. The fourth-order valence-corrected chi connectivity index (χ4v) is 1.60. The maximum absolute atomic E-state index is 12.6. The molecule has 8 heteroatoms. The number of halogens is 5. The van der Waals surface area contributed by atoms with Gasteiger partial charge >= 0.3 is 12.1 Å². The van der Waals surface area contributed by atoms with Crippen molar-refractivity contribution in [3.05, 3.63) is 34.3 Å². The fraction of sp³-hybridized carbons (Fsp3) is 0.364. The first-order valence-electron chi connectivity index (χ1n) is 4.94. The van der Waals surface area contributed by atoms with Crippen LogP contribution >= 0.6 is 24.0 Å². The number of benzene rings is 1. The Morgan fingerprint density at radius 2 is 2.05 bits per heavy atom. The van der Waals surface area contributed by atoms with E-state index < -0.39 is 28.8 Å². The number of carbonyl (C=O) groups is 1. The van der Waals surface area contributed by atoms with E-state index in [9.17, 15) is 18.0 Å². The Hall–Kier alpha value is -0.980. The minimum atomic E-state index is -4.56. The molecular formula is C11H12Cl2F3NO2. The molecule has 1 aromatic rings. The van der Waals surface area contributed by atoms with Crippen molar-refractivity contribution in [3.63, 3.8) is 0 Å². The highest BCUT2D eigenvalue weighted by molar-refractivity contribution is 6.31. The Morgan fingerprint density at radius 3 is 2.53 bits per heavy atom. The molecule has 0 fully saturated rings. The number of hydrogen-bond acceptors (Lipinski definition) is 3. The van der Waals surface area contributed by atoms with Gasteiger partial charge < -0.3 is 10.5 Å². The van der Waals surface area contributed by atoms with Crippen LogP contribution in [-0.2, 0) is 15.7 Å². The average molecular weight is 318 g/mol. The largest absolute Gasteiger partial charge is 0.469 e. The van der Waals surface area contributed by atoms with Gasteiger partial charge in [0, 0.05) is 6.04 Å². The summed E-state index contributed by atoms with van der Waals surface area (Å²) in [5, 5.41) is -0.406. The molecule has 0 saturated carbocycles. The SMILES string of the molecule is COC(=O)C[C@H](N)c1ccc(Cl)c(C(F)(F)F)c1.Cl. The second kappa shape index (κ2) is 6.98. The Balaban J connectivity index is 0.00000324. The van der Waals surface area contributed by atoms with Crippen molar-refractivity contribution < 1.29 is 22.7 Å². The van der Waals surface area contributed by atoms with E-state index in [1.165, 1.54) is 13.2 Å². The predicted octanol–water partition coefficient (Wildman–Crippen LogP) is 3.34. The zero-order valence-electron chi connectivity index (χ0n) is 9.83. The Labute approximate surface area is 119 Å². The van der Waals surface area contributed by atoms with Crippen LogP contribution in [-0.4, -0.2) is 13.1 Å². The smallest absolute Gasteiger partial charge is 0.417 e. The molecule has 0 unspecified atom stereocenters. The van der Waals surface area contributed by atoms with E-state index in [-0.39, 0.29) is 24.4 Å². The van der Waals surface area contributed by atoms with Crippen LogP contribution in [0.25, 0.3) is 0 Å². The molecule has 0 bridgehead atoms. The zero-order chi connectivity index (χ0) is 13.9. The van der Waals surface area contributed by atoms with E-state index in [0.29, 0.717) is 0 Å². The highest BCUT2D eigenvalue weighted by atomic mass is 35.5. The summed E-state index contributed by atoms with van der Waals surface area (Å²) in [6.07, 6.45) is -4.76. The lowest BCUT2D eigenvalue weighted by atomic mass is 10.0. The van der Waals surface area contributed by atoms with Gasteiger partial charge in [0.05, 0.1) is 24.1 Å². The van der Waals surface area contributed by atoms with Gasteiger partial charge in [-0.1, -0.05) is 17.7 Å². The van der Waals surface area contributed by atoms with E-state index in [0.717, 1.165) is 12.1 Å². The molecule has 3 nitrogen and oxygen atoms in total. The van der Waals surface area contributed by atoms with E-state index in [4.69, 9.17) is 17.3 Å². The monoisotopic (exact) mass is 317 g/mol. The van der Waals surface area contributed by atoms with Gasteiger partial charge in [0.25, 0.3) is 0 Å². The molecule has 0 radical (unpaired) electrons. The third kappa shape index (κ3) is 4.89. The lowest BCUT2D eigenvalue weighted by Gasteiger charge is -2.14. The van der Waals surface area contributed by atoms with Gasteiger partial charge in [0.15, 0.2) is 0 Å². The molecule has 0 aliphatic rings. The molecule has 0 amide bonds. The molecule has 108 valence electrons.